The van der Waals surface area contributed by atoms with Gasteiger partial charge in [-0.2, -0.15) is 0 Å². The van der Waals surface area contributed by atoms with Gasteiger partial charge >= 0.3 is 0 Å². The molecule has 0 N–H and O–H groups in total. The summed E-state index contributed by atoms with van der Waals surface area (Å²) in [5.41, 5.74) is 1.75. The fraction of sp³-hybridized carbons (Fsp3) is 0.419. The van der Waals surface area contributed by atoms with Crippen molar-refractivity contribution in [3.05, 3.63) is 71.8 Å². The summed E-state index contributed by atoms with van der Waals surface area (Å²) < 4.78 is 22.3. The van der Waals surface area contributed by atoms with Crippen LogP contribution in [0.2, 0.25) is 0 Å². The molecular formula is C31H38N2O6. The van der Waals surface area contributed by atoms with Gasteiger partial charge in [0.15, 0.2) is 11.6 Å². The van der Waals surface area contributed by atoms with E-state index >= 15 is 0 Å². The molecule has 2 aliphatic rings. The average Bonchev–Trinajstić information content (AvgIpc) is 2.97. The minimum Gasteiger partial charge on any atom is -0.492 e. The second kappa shape index (κ2) is 16.0. The molecule has 4 rings (SSSR count). The van der Waals surface area contributed by atoms with E-state index in [0.717, 1.165) is 88.3 Å². The topological polar surface area (TPSA) is 77.5 Å². The molecule has 0 unspecified atom stereocenters. The molecule has 0 spiro atoms. The molecule has 2 saturated heterocycles. The molecular weight excluding hydrogens is 496 g/mol. The van der Waals surface area contributed by atoms with Crippen molar-refractivity contribution < 1.29 is 28.5 Å². The highest BCUT2D eigenvalue weighted by atomic mass is 16.5. The highest BCUT2D eigenvalue weighted by Crippen LogP contribution is 2.15. The standard InChI is InChI=1S/C31H38N2O6/c34-28(7-1-26-3-9-30(10-4-26)38-23-17-32-13-19-36-20-14-32)25-29(35)8-2-27-5-11-31(12-6-27)39-24-18-33-15-21-37-22-16-33/h1-12H,13-25H2/b7-1+,8-2+. The van der Waals surface area contributed by atoms with Gasteiger partial charge in [0.2, 0.25) is 0 Å². The van der Waals surface area contributed by atoms with Gasteiger partial charge in [-0.3, -0.25) is 19.4 Å². The molecule has 0 radical (unpaired) electrons. The third-order valence-electron chi connectivity index (χ3n) is 6.59. The number of allylic oxidation sites excluding steroid dienone is 2. The van der Waals surface area contributed by atoms with Crippen molar-refractivity contribution in [3.63, 3.8) is 0 Å². The number of morpholine rings is 2. The number of carbonyl (C=O) groups excluding carboxylic acids is 2. The minimum absolute atomic E-state index is 0.168. The van der Waals surface area contributed by atoms with E-state index in [0.29, 0.717) is 13.2 Å². The van der Waals surface area contributed by atoms with Crippen LogP contribution in [0, 0.1) is 0 Å². The van der Waals surface area contributed by atoms with Crippen LogP contribution in [0.5, 0.6) is 11.5 Å². The first-order valence-corrected chi connectivity index (χ1v) is 13.6. The van der Waals surface area contributed by atoms with Crippen molar-refractivity contribution in [2.45, 2.75) is 6.42 Å². The van der Waals surface area contributed by atoms with Gasteiger partial charge in [0.25, 0.3) is 0 Å². The molecule has 2 aromatic carbocycles. The molecule has 2 aliphatic heterocycles. The van der Waals surface area contributed by atoms with Crippen LogP contribution in [0.3, 0.4) is 0 Å². The number of ketones is 2. The molecule has 8 nitrogen and oxygen atoms in total. The molecule has 39 heavy (non-hydrogen) atoms. The molecule has 0 saturated carbocycles. The molecule has 0 aliphatic carbocycles. The molecule has 0 bridgehead atoms. The SMILES string of the molecule is O=C(/C=C/c1ccc(OCCN2CCOCC2)cc1)CC(=O)/C=C/c1ccc(OCCN2CCOCC2)cc1. The smallest absolute Gasteiger partial charge is 0.163 e. The lowest BCUT2D eigenvalue weighted by Gasteiger charge is -2.26. The number of hydrogen-bond acceptors (Lipinski definition) is 8. The third kappa shape index (κ3) is 10.8. The maximum atomic E-state index is 12.2. The normalized spacial score (nSPS) is 17.0. The Balaban J connectivity index is 1.13. The fourth-order valence-electron chi connectivity index (χ4n) is 4.25. The Bertz CT molecular complexity index is 998. The van der Waals surface area contributed by atoms with E-state index in [1.54, 1.807) is 12.2 Å². The quantitative estimate of drug-likeness (QED) is 0.270. The van der Waals surface area contributed by atoms with Gasteiger partial charge in [0.1, 0.15) is 24.7 Å². The number of carbonyl (C=O) groups is 2. The van der Waals surface area contributed by atoms with Crippen molar-refractivity contribution >= 4 is 23.7 Å². The summed E-state index contributed by atoms with van der Waals surface area (Å²) >= 11 is 0. The highest BCUT2D eigenvalue weighted by molar-refractivity contribution is 6.10. The van der Waals surface area contributed by atoms with E-state index < -0.39 is 0 Å². The first-order chi connectivity index (χ1) is 19.1. The van der Waals surface area contributed by atoms with Crippen LogP contribution >= 0.6 is 0 Å². The minimum atomic E-state index is -0.237. The summed E-state index contributed by atoms with van der Waals surface area (Å²) in [5.74, 6) is 1.11. The van der Waals surface area contributed by atoms with E-state index in [-0.39, 0.29) is 18.0 Å². The van der Waals surface area contributed by atoms with E-state index in [4.69, 9.17) is 18.9 Å². The predicted molar refractivity (Wildman–Crippen MR) is 151 cm³/mol. The molecule has 2 aromatic rings. The zero-order chi connectivity index (χ0) is 27.1. The van der Waals surface area contributed by atoms with Crippen LogP contribution in [0.15, 0.2) is 60.7 Å². The number of benzene rings is 2. The lowest BCUT2D eigenvalue weighted by Crippen LogP contribution is -2.38. The van der Waals surface area contributed by atoms with Crippen molar-refractivity contribution in [3.8, 4) is 11.5 Å². The fourth-order valence-corrected chi connectivity index (χ4v) is 4.25. The molecule has 2 heterocycles. The van der Waals surface area contributed by atoms with E-state index in [1.165, 1.54) is 12.2 Å². The number of ether oxygens (including phenoxy) is 4. The predicted octanol–water partition coefficient (Wildman–Crippen LogP) is 3.36. The Kier molecular flexibility index (Phi) is 11.7. The van der Waals surface area contributed by atoms with Crippen LogP contribution in [0.1, 0.15) is 17.5 Å². The zero-order valence-electron chi connectivity index (χ0n) is 22.5. The van der Waals surface area contributed by atoms with Gasteiger partial charge in [-0.05, 0) is 47.5 Å². The summed E-state index contributed by atoms with van der Waals surface area (Å²) in [6.07, 6.45) is 6.16. The van der Waals surface area contributed by atoms with Gasteiger partial charge in [0.05, 0.1) is 32.8 Å². The Hall–Kier alpha value is -3.30. The number of nitrogens with zero attached hydrogens (tertiary/aromatic N) is 2. The Morgan fingerprint density at radius 2 is 1.03 bits per heavy atom. The summed E-state index contributed by atoms with van der Waals surface area (Å²) in [4.78, 5) is 29.1. The molecule has 0 atom stereocenters. The lowest BCUT2D eigenvalue weighted by atomic mass is 10.1. The van der Waals surface area contributed by atoms with Gasteiger partial charge < -0.3 is 18.9 Å². The molecule has 0 amide bonds. The van der Waals surface area contributed by atoms with Crippen LogP contribution in [0.4, 0.5) is 0 Å². The van der Waals surface area contributed by atoms with Gasteiger partial charge in [0, 0.05) is 39.3 Å². The lowest BCUT2D eigenvalue weighted by molar-refractivity contribution is -0.121. The van der Waals surface area contributed by atoms with Crippen LogP contribution < -0.4 is 9.47 Å². The number of hydrogen-bond donors (Lipinski definition) is 0. The first kappa shape index (κ1) is 28.7. The van der Waals surface area contributed by atoms with Crippen LogP contribution in [-0.4, -0.2) is 100 Å². The Morgan fingerprint density at radius 1 is 0.641 bits per heavy atom. The van der Waals surface area contributed by atoms with Crippen molar-refractivity contribution in [1.29, 1.82) is 0 Å². The average molecular weight is 535 g/mol. The van der Waals surface area contributed by atoms with Gasteiger partial charge in [-0.15, -0.1) is 0 Å². The van der Waals surface area contributed by atoms with Gasteiger partial charge in [-0.1, -0.05) is 36.4 Å². The maximum Gasteiger partial charge on any atom is 0.163 e. The second-order valence-electron chi connectivity index (χ2n) is 9.52. The summed E-state index contributed by atoms with van der Waals surface area (Å²) in [5, 5.41) is 0. The van der Waals surface area contributed by atoms with Crippen molar-refractivity contribution in [2.75, 3.05) is 78.9 Å². The van der Waals surface area contributed by atoms with Crippen molar-refractivity contribution in [1.82, 2.24) is 9.80 Å². The van der Waals surface area contributed by atoms with Crippen LogP contribution in [0.25, 0.3) is 12.2 Å². The van der Waals surface area contributed by atoms with E-state index in [9.17, 15) is 9.59 Å². The second-order valence-corrected chi connectivity index (χ2v) is 9.52. The van der Waals surface area contributed by atoms with Crippen molar-refractivity contribution in [2.24, 2.45) is 0 Å². The Labute approximate surface area is 230 Å². The summed E-state index contributed by atoms with van der Waals surface area (Å²) in [7, 11) is 0. The third-order valence-corrected chi connectivity index (χ3v) is 6.59. The summed E-state index contributed by atoms with van der Waals surface area (Å²) in [6.45, 7) is 9.88. The monoisotopic (exact) mass is 534 g/mol. The maximum absolute atomic E-state index is 12.2. The van der Waals surface area contributed by atoms with Crippen LogP contribution in [-0.2, 0) is 19.1 Å². The zero-order valence-corrected chi connectivity index (χ0v) is 22.5. The molecule has 8 heteroatoms. The first-order valence-electron chi connectivity index (χ1n) is 13.6. The van der Waals surface area contributed by atoms with Gasteiger partial charge in [-0.25, -0.2) is 0 Å². The van der Waals surface area contributed by atoms with E-state index in [1.807, 2.05) is 48.5 Å². The largest absolute Gasteiger partial charge is 0.492 e. The number of rotatable bonds is 14. The summed E-state index contributed by atoms with van der Waals surface area (Å²) in [6, 6.07) is 15.1. The highest BCUT2D eigenvalue weighted by Gasteiger charge is 2.11. The molecule has 0 aromatic heterocycles. The molecule has 208 valence electrons. The Morgan fingerprint density at radius 3 is 1.41 bits per heavy atom. The molecule has 2 fully saturated rings. The van der Waals surface area contributed by atoms with E-state index in [2.05, 4.69) is 9.80 Å².